The molecule has 1 aromatic rings. The van der Waals surface area contributed by atoms with E-state index in [1.807, 2.05) is 6.07 Å². The average Bonchev–Trinajstić information content (AvgIpc) is 1.88. The summed E-state index contributed by atoms with van der Waals surface area (Å²) in [7, 11) is 0. The first-order valence-corrected chi connectivity index (χ1v) is 3.10. The van der Waals surface area contributed by atoms with E-state index in [-0.39, 0.29) is 45.9 Å². The Morgan fingerprint density at radius 1 is 1.58 bits per heavy atom. The first kappa shape index (κ1) is 14.6. The first-order chi connectivity index (χ1) is 4.83. The van der Waals surface area contributed by atoms with Crippen LogP contribution in [0.15, 0.2) is 30.9 Å². The summed E-state index contributed by atoms with van der Waals surface area (Å²) in [5.41, 5.74) is 0.936. The molecule has 0 saturated heterocycles. The van der Waals surface area contributed by atoms with Crippen molar-refractivity contribution >= 4 is 23.1 Å². The molecule has 0 amide bonds. The van der Waals surface area contributed by atoms with E-state index < -0.39 is 0 Å². The topological polar surface area (TPSA) is 0 Å². The Morgan fingerprint density at radius 3 is 2.75 bits per heavy atom. The monoisotopic (exact) mass is 238 g/mol. The maximum absolute atomic E-state index is 12.4. The van der Waals surface area contributed by atoms with Gasteiger partial charge in [-0.1, -0.05) is 6.08 Å². The number of hydrogen-bond donors (Lipinski definition) is 0. The summed E-state index contributed by atoms with van der Waals surface area (Å²) in [6.07, 6.45) is 2.46. The van der Waals surface area contributed by atoms with E-state index in [9.17, 15) is 4.39 Å². The van der Waals surface area contributed by atoms with Gasteiger partial charge in [-0.25, -0.2) is 4.39 Å². The summed E-state index contributed by atoms with van der Waals surface area (Å²) in [6.45, 7) is 3.55. The number of halogens is 2. The molecule has 0 aliphatic rings. The molecule has 1 aromatic carbocycles. The van der Waals surface area contributed by atoms with Gasteiger partial charge in [0, 0.05) is 5.82 Å². The maximum Gasteiger partial charge on any atom is 2.00 e. The summed E-state index contributed by atoms with van der Waals surface area (Å²) < 4.78 is 12.4. The van der Waals surface area contributed by atoms with Gasteiger partial charge in [-0.05, 0) is 6.42 Å². The van der Waals surface area contributed by atoms with Crippen molar-refractivity contribution in [3.05, 3.63) is 48.3 Å². The summed E-state index contributed by atoms with van der Waals surface area (Å²) in [5.74, 6) is -0.306. The molecule has 0 aliphatic carbocycles. The second kappa shape index (κ2) is 7.77. The SMILES string of the molecule is C=CCc1cc[c-]c(F)c1.[Br-].[Mg+2]. The number of hydrogen-bond acceptors (Lipinski definition) is 0. The minimum atomic E-state index is -0.306. The van der Waals surface area contributed by atoms with Gasteiger partial charge in [0.2, 0.25) is 0 Å². The Kier molecular flexibility index (Phi) is 9.48. The molecule has 0 fully saturated rings. The minimum absolute atomic E-state index is 0. The van der Waals surface area contributed by atoms with Gasteiger partial charge < -0.3 is 17.0 Å². The van der Waals surface area contributed by atoms with Crippen molar-refractivity contribution in [2.45, 2.75) is 6.42 Å². The third kappa shape index (κ3) is 4.90. The minimum Gasteiger partial charge on any atom is -1.00 e. The van der Waals surface area contributed by atoms with Gasteiger partial charge in [-0.3, -0.25) is 0 Å². The molecule has 60 valence electrons. The molecule has 0 atom stereocenters. The van der Waals surface area contributed by atoms with Crippen LogP contribution in [0.1, 0.15) is 5.56 Å². The van der Waals surface area contributed by atoms with Crippen molar-refractivity contribution in [3.8, 4) is 0 Å². The van der Waals surface area contributed by atoms with E-state index in [4.69, 9.17) is 0 Å². The number of allylic oxidation sites excluding steroid dienone is 1. The van der Waals surface area contributed by atoms with Gasteiger partial charge in [0.1, 0.15) is 0 Å². The van der Waals surface area contributed by atoms with Crippen molar-refractivity contribution in [1.82, 2.24) is 0 Å². The second-order valence-electron chi connectivity index (χ2n) is 2.04. The van der Waals surface area contributed by atoms with E-state index in [2.05, 4.69) is 12.6 Å². The molecule has 0 N–H and O–H groups in total. The van der Waals surface area contributed by atoms with Crippen LogP contribution in [-0.2, 0) is 6.42 Å². The Morgan fingerprint density at radius 2 is 2.25 bits per heavy atom. The molecule has 0 bridgehead atoms. The van der Waals surface area contributed by atoms with Gasteiger partial charge in [0.05, 0.1) is 0 Å². The normalized spacial score (nSPS) is 7.75. The Hall–Kier alpha value is 0.136. The van der Waals surface area contributed by atoms with Gasteiger partial charge in [-0.2, -0.15) is 17.7 Å². The Balaban J connectivity index is 0. The smallest absolute Gasteiger partial charge is 1.00 e. The van der Waals surface area contributed by atoms with Crippen LogP contribution < -0.4 is 17.0 Å². The molecule has 1 rings (SSSR count). The van der Waals surface area contributed by atoms with E-state index in [0.717, 1.165) is 5.56 Å². The van der Waals surface area contributed by atoms with Crippen LogP contribution in [0.25, 0.3) is 0 Å². The van der Waals surface area contributed by atoms with Gasteiger partial charge in [-0.15, -0.1) is 18.7 Å². The second-order valence-corrected chi connectivity index (χ2v) is 2.04. The fourth-order valence-corrected chi connectivity index (χ4v) is 0.774. The first-order valence-electron chi connectivity index (χ1n) is 3.10. The van der Waals surface area contributed by atoms with Crippen LogP contribution in [0, 0.1) is 11.9 Å². The predicted molar refractivity (Wildman–Crippen MR) is 44.9 cm³/mol. The molecule has 0 radical (unpaired) electrons. The maximum atomic E-state index is 12.4. The van der Waals surface area contributed by atoms with Crippen molar-refractivity contribution < 1.29 is 21.4 Å². The van der Waals surface area contributed by atoms with E-state index in [0.29, 0.717) is 6.42 Å². The van der Waals surface area contributed by atoms with Crippen LogP contribution in [0.3, 0.4) is 0 Å². The van der Waals surface area contributed by atoms with Gasteiger partial charge >= 0.3 is 23.1 Å². The molecule has 0 heterocycles. The zero-order valence-electron chi connectivity index (χ0n) is 6.69. The summed E-state index contributed by atoms with van der Waals surface area (Å²) in [6, 6.07) is 7.29. The van der Waals surface area contributed by atoms with Crippen molar-refractivity contribution in [2.24, 2.45) is 0 Å². The fourth-order valence-electron chi connectivity index (χ4n) is 0.774. The zero-order chi connectivity index (χ0) is 7.40. The average molecular weight is 239 g/mol. The summed E-state index contributed by atoms with van der Waals surface area (Å²) in [5, 5.41) is 0. The van der Waals surface area contributed by atoms with Gasteiger partial charge in [0.25, 0.3) is 0 Å². The van der Waals surface area contributed by atoms with Crippen LogP contribution in [0.2, 0.25) is 0 Å². The molecule has 0 saturated carbocycles. The molecule has 3 heteroatoms. The molecule has 12 heavy (non-hydrogen) atoms. The molecule has 0 spiro atoms. The molecule has 0 nitrogen and oxygen atoms in total. The van der Waals surface area contributed by atoms with Crippen LogP contribution >= 0.6 is 0 Å². The van der Waals surface area contributed by atoms with Crippen LogP contribution in [0.5, 0.6) is 0 Å². The number of rotatable bonds is 2. The molecular formula is C9H8BrFMg. The van der Waals surface area contributed by atoms with E-state index in [1.165, 1.54) is 6.07 Å². The third-order valence-electron chi connectivity index (χ3n) is 1.21. The quantitative estimate of drug-likeness (QED) is 0.352. The standard InChI is InChI=1S/C9H8F.BrH.Mg/c1-2-4-8-5-3-6-9(10)7-8;;/h2-3,5,7H,1,4H2;1H;/q-1;;+2/p-1. The molecular weight excluding hydrogens is 231 g/mol. The zero-order valence-corrected chi connectivity index (χ0v) is 9.69. The van der Waals surface area contributed by atoms with E-state index >= 15 is 0 Å². The predicted octanol–water partition coefficient (Wildman–Crippen LogP) is -1.02. The molecule has 0 unspecified atom stereocenters. The van der Waals surface area contributed by atoms with Crippen LogP contribution in [0.4, 0.5) is 4.39 Å². The largest absolute Gasteiger partial charge is 2.00 e. The van der Waals surface area contributed by atoms with Crippen molar-refractivity contribution in [3.63, 3.8) is 0 Å². The molecule has 0 aliphatic heterocycles. The summed E-state index contributed by atoms with van der Waals surface area (Å²) >= 11 is 0. The van der Waals surface area contributed by atoms with E-state index in [1.54, 1.807) is 12.1 Å². The molecule has 0 aromatic heterocycles. The number of benzene rings is 1. The van der Waals surface area contributed by atoms with Crippen LogP contribution in [-0.4, -0.2) is 23.1 Å². The Bertz CT molecular complexity index is 238. The van der Waals surface area contributed by atoms with Crippen molar-refractivity contribution in [1.29, 1.82) is 0 Å². The third-order valence-corrected chi connectivity index (χ3v) is 1.21. The fraction of sp³-hybridized carbons (Fsp3) is 0.111. The van der Waals surface area contributed by atoms with Gasteiger partial charge in [0.15, 0.2) is 0 Å². The Labute approximate surface area is 98.8 Å². The summed E-state index contributed by atoms with van der Waals surface area (Å²) in [4.78, 5) is 0. The van der Waals surface area contributed by atoms with Crippen molar-refractivity contribution in [2.75, 3.05) is 0 Å².